The van der Waals surface area contributed by atoms with Gasteiger partial charge in [0.15, 0.2) is 0 Å². The van der Waals surface area contributed by atoms with E-state index in [1.54, 1.807) is 6.33 Å². The maximum Gasteiger partial charge on any atom is 0.213 e. The number of nitrogens with zero attached hydrogens (tertiary/aromatic N) is 3. The predicted octanol–water partition coefficient (Wildman–Crippen LogP) is 1.06. The lowest BCUT2D eigenvalue weighted by atomic mass is 9.55. The van der Waals surface area contributed by atoms with Gasteiger partial charge in [0, 0.05) is 12.4 Å². The van der Waals surface area contributed by atoms with Gasteiger partial charge in [-0.15, -0.1) is 10.2 Å². The van der Waals surface area contributed by atoms with Crippen LogP contribution in [0.5, 0.6) is 0 Å². The van der Waals surface area contributed by atoms with Crippen LogP contribution in [0, 0.1) is 0 Å². The SMILES string of the molecule is Cn1cnnc1C1(BN)CCCCCCC1. The molecule has 1 aliphatic rings. The molecule has 1 heterocycles. The Balaban J connectivity index is 2.25. The van der Waals surface area contributed by atoms with Crippen molar-refractivity contribution in [2.24, 2.45) is 12.7 Å². The van der Waals surface area contributed by atoms with E-state index in [9.17, 15) is 0 Å². The normalized spacial score (nSPS) is 21.1. The highest BCUT2D eigenvalue weighted by Gasteiger charge is 2.35. The second kappa shape index (κ2) is 5.00. The fraction of sp³-hybridized carbons (Fsp3) is 0.818. The van der Waals surface area contributed by atoms with Gasteiger partial charge in [-0.2, -0.15) is 0 Å². The van der Waals surface area contributed by atoms with E-state index in [4.69, 9.17) is 5.64 Å². The minimum absolute atomic E-state index is 0.0751. The molecular formula is C11H21BN4. The molecule has 4 nitrogen and oxygen atoms in total. The van der Waals surface area contributed by atoms with Crippen molar-refractivity contribution in [2.45, 2.75) is 50.3 Å². The zero-order chi connectivity index (χ0) is 11.4. The highest BCUT2D eigenvalue weighted by atomic mass is 15.3. The standard InChI is InChI=1S/C11H21BN4/c1-16-9-14-15-10(16)11(12-13)7-5-3-2-4-6-8-11/h9,12H,2-8,13H2,1H3. The third-order valence-corrected chi connectivity index (χ3v) is 3.89. The van der Waals surface area contributed by atoms with Gasteiger partial charge in [-0.25, -0.2) is 0 Å². The highest BCUT2D eigenvalue weighted by Crippen LogP contribution is 2.34. The monoisotopic (exact) mass is 220 g/mol. The molecule has 1 fully saturated rings. The number of hydrogen-bond acceptors (Lipinski definition) is 3. The summed E-state index contributed by atoms with van der Waals surface area (Å²) >= 11 is 0. The molecule has 0 saturated heterocycles. The first kappa shape index (κ1) is 11.6. The quantitative estimate of drug-likeness (QED) is 0.758. The van der Waals surface area contributed by atoms with Gasteiger partial charge in [-0.05, 0) is 12.8 Å². The third kappa shape index (κ3) is 2.14. The average molecular weight is 220 g/mol. The zero-order valence-electron chi connectivity index (χ0n) is 10.2. The lowest BCUT2D eigenvalue weighted by Gasteiger charge is -2.32. The lowest BCUT2D eigenvalue weighted by Crippen LogP contribution is -2.41. The van der Waals surface area contributed by atoms with Gasteiger partial charge in [0.25, 0.3) is 0 Å². The van der Waals surface area contributed by atoms with Crippen molar-refractivity contribution in [1.29, 1.82) is 0 Å². The third-order valence-electron chi connectivity index (χ3n) is 3.89. The summed E-state index contributed by atoms with van der Waals surface area (Å²) in [7, 11) is 2.71. The zero-order valence-corrected chi connectivity index (χ0v) is 10.2. The summed E-state index contributed by atoms with van der Waals surface area (Å²) in [6, 6.07) is 0. The smallest absolute Gasteiger partial charge is 0.213 e. The largest absolute Gasteiger partial charge is 0.372 e. The molecule has 0 radical (unpaired) electrons. The summed E-state index contributed by atoms with van der Waals surface area (Å²) < 4.78 is 2.04. The molecule has 1 saturated carbocycles. The van der Waals surface area contributed by atoms with Gasteiger partial charge in [0.2, 0.25) is 7.41 Å². The molecular weight excluding hydrogens is 199 g/mol. The van der Waals surface area contributed by atoms with E-state index in [1.807, 2.05) is 11.6 Å². The summed E-state index contributed by atoms with van der Waals surface area (Å²) in [5.41, 5.74) is 6.04. The molecule has 1 aliphatic carbocycles. The Morgan fingerprint density at radius 1 is 1.25 bits per heavy atom. The number of aromatic nitrogens is 3. The molecule has 5 heteroatoms. The van der Waals surface area contributed by atoms with Crippen molar-refractivity contribution in [3.63, 3.8) is 0 Å². The molecule has 1 aromatic heterocycles. The van der Waals surface area contributed by atoms with Crippen LogP contribution in [0.25, 0.3) is 0 Å². The molecule has 2 N–H and O–H groups in total. The fourth-order valence-electron chi connectivity index (χ4n) is 2.86. The van der Waals surface area contributed by atoms with Gasteiger partial charge in [-0.3, -0.25) is 0 Å². The number of aryl methyl sites for hydroxylation is 1. The van der Waals surface area contributed by atoms with Gasteiger partial charge in [0.1, 0.15) is 12.2 Å². The Labute approximate surface area is 97.9 Å². The summed E-state index contributed by atoms with van der Waals surface area (Å²) in [5, 5.41) is 8.36. The van der Waals surface area contributed by atoms with Crippen molar-refractivity contribution in [3.05, 3.63) is 12.2 Å². The van der Waals surface area contributed by atoms with Gasteiger partial charge in [-0.1, -0.05) is 32.1 Å². The molecule has 0 unspecified atom stereocenters. The maximum atomic E-state index is 6.04. The number of nitrogens with two attached hydrogens (primary N) is 1. The van der Waals surface area contributed by atoms with Crippen molar-refractivity contribution < 1.29 is 0 Å². The molecule has 0 aliphatic heterocycles. The Morgan fingerprint density at radius 3 is 2.38 bits per heavy atom. The van der Waals surface area contributed by atoms with E-state index in [0.29, 0.717) is 7.41 Å². The summed E-state index contributed by atoms with van der Waals surface area (Å²) in [5.74, 6) is 1.08. The van der Waals surface area contributed by atoms with E-state index >= 15 is 0 Å². The van der Waals surface area contributed by atoms with Gasteiger partial charge >= 0.3 is 0 Å². The fourth-order valence-corrected chi connectivity index (χ4v) is 2.86. The Morgan fingerprint density at radius 2 is 1.88 bits per heavy atom. The molecule has 2 rings (SSSR count). The van der Waals surface area contributed by atoms with E-state index < -0.39 is 0 Å². The molecule has 1 aromatic rings. The van der Waals surface area contributed by atoms with Crippen molar-refractivity contribution >= 4 is 7.41 Å². The van der Waals surface area contributed by atoms with Gasteiger partial charge in [0.05, 0.1) is 0 Å². The lowest BCUT2D eigenvalue weighted by molar-refractivity contribution is 0.388. The molecule has 0 atom stereocenters. The second-order valence-electron chi connectivity index (χ2n) is 5.02. The average Bonchev–Trinajstić information content (AvgIpc) is 2.66. The van der Waals surface area contributed by atoms with Crippen LogP contribution >= 0.6 is 0 Å². The van der Waals surface area contributed by atoms with Crippen molar-refractivity contribution in [2.75, 3.05) is 0 Å². The Hall–Kier alpha value is -0.835. The number of hydrogen-bond donors (Lipinski definition) is 1. The molecule has 0 bridgehead atoms. The van der Waals surface area contributed by atoms with E-state index in [-0.39, 0.29) is 5.31 Å². The van der Waals surface area contributed by atoms with Crippen LogP contribution in [0.1, 0.15) is 50.8 Å². The second-order valence-corrected chi connectivity index (χ2v) is 5.02. The van der Waals surface area contributed by atoms with Crippen molar-refractivity contribution in [3.8, 4) is 0 Å². The van der Waals surface area contributed by atoms with E-state index in [0.717, 1.165) is 18.7 Å². The summed E-state index contributed by atoms with van der Waals surface area (Å²) in [6.45, 7) is 0. The topological polar surface area (TPSA) is 56.7 Å². The van der Waals surface area contributed by atoms with E-state index in [2.05, 4.69) is 10.2 Å². The molecule has 0 spiro atoms. The first-order chi connectivity index (χ1) is 7.78. The van der Waals surface area contributed by atoms with Crippen LogP contribution in [-0.4, -0.2) is 22.2 Å². The number of rotatable bonds is 2. The van der Waals surface area contributed by atoms with Crippen LogP contribution in [0.15, 0.2) is 6.33 Å². The first-order valence-corrected chi connectivity index (χ1v) is 6.33. The minimum Gasteiger partial charge on any atom is -0.372 e. The molecule has 0 amide bonds. The first-order valence-electron chi connectivity index (χ1n) is 6.33. The van der Waals surface area contributed by atoms with Crippen molar-refractivity contribution in [1.82, 2.24) is 14.8 Å². The highest BCUT2D eigenvalue weighted by molar-refractivity contribution is 6.35. The Bertz CT molecular complexity index is 328. The van der Waals surface area contributed by atoms with Crippen LogP contribution in [0.3, 0.4) is 0 Å². The Kier molecular flexibility index (Phi) is 3.64. The molecule has 88 valence electrons. The summed E-state index contributed by atoms with van der Waals surface area (Å²) in [4.78, 5) is 0. The predicted molar refractivity (Wildman–Crippen MR) is 66.3 cm³/mol. The molecule has 0 aromatic carbocycles. The summed E-state index contributed by atoms with van der Waals surface area (Å²) in [6.07, 6.45) is 10.7. The van der Waals surface area contributed by atoms with Crippen LogP contribution < -0.4 is 5.64 Å². The maximum absolute atomic E-state index is 6.04. The van der Waals surface area contributed by atoms with Crippen LogP contribution in [-0.2, 0) is 12.4 Å². The van der Waals surface area contributed by atoms with Gasteiger partial charge < -0.3 is 10.2 Å². The van der Waals surface area contributed by atoms with Crippen LogP contribution in [0.4, 0.5) is 0 Å². The van der Waals surface area contributed by atoms with E-state index in [1.165, 1.54) is 32.1 Å². The minimum atomic E-state index is 0.0751. The van der Waals surface area contributed by atoms with Crippen LogP contribution in [0.2, 0.25) is 0 Å². The molecule has 16 heavy (non-hydrogen) atoms.